The average Bonchev–Trinajstić information content (AvgIpc) is 2.93. The van der Waals surface area contributed by atoms with E-state index < -0.39 is 17.4 Å². The molecule has 0 aliphatic heterocycles. The van der Waals surface area contributed by atoms with E-state index in [-0.39, 0.29) is 11.4 Å². The van der Waals surface area contributed by atoms with Crippen LogP contribution in [0, 0.1) is 35.2 Å². The van der Waals surface area contributed by atoms with Gasteiger partial charge in [0.2, 0.25) is 5.82 Å². The molecular weight excluding hydrogens is 469 g/mol. The molecule has 2 aliphatic rings. The molecule has 0 atom stereocenters. The van der Waals surface area contributed by atoms with Gasteiger partial charge in [0, 0.05) is 11.1 Å². The number of phenols is 1. The molecule has 0 unspecified atom stereocenters. The Bertz CT molecular complexity index is 1200. The third-order valence-electron chi connectivity index (χ3n) is 9.06. The summed E-state index contributed by atoms with van der Waals surface area (Å²) in [6.07, 6.45) is 13.1. The van der Waals surface area contributed by atoms with Crippen LogP contribution in [0.15, 0.2) is 54.6 Å². The summed E-state index contributed by atoms with van der Waals surface area (Å²) in [6.45, 7) is 2.30. The van der Waals surface area contributed by atoms with Gasteiger partial charge in [0.25, 0.3) is 0 Å². The van der Waals surface area contributed by atoms with Crippen molar-refractivity contribution in [2.75, 3.05) is 0 Å². The van der Waals surface area contributed by atoms with Crippen molar-refractivity contribution in [2.24, 2.45) is 17.8 Å². The third kappa shape index (κ3) is 5.58. The topological polar surface area (TPSA) is 20.2 Å². The summed E-state index contributed by atoms with van der Waals surface area (Å²) in [4.78, 5) is 0. The fourth-order valence-electron chi connectivity index (χ4n) is 6.89. The van der Waals surface area contributed by atoms with Crippen molar-refractivity contribution in [3.8, 4) is 28.0 Å². The van der Waals surface area contributed by atoms with Crippen molar-refractivity contribution in [3.05, 3.63) is 77.6 Å². The molecule has 0 spiro atoms. The Morgan fingerprint density at radius 1 is 0.676 bits per heavy atom. The van der Waals surface area contributed by atoms with Gasteiger partial charge in [-0.15, -0.1) is 0 Å². The Kier molecular flexibility index (Phi) is 7.92. The summed E-state index contributed by atoms with van der Waals surface area (Å²) in [5, 5.41) is 9.35. The number of rotatable bonds is 6. The van der Waals surface area contributed by atoms with Gasteiger partial charge in [-0.05, 0) is 97.1 Å². The molecule has 4 heteroatoms. The first kappa shape index (κ1) is 25.9. The lowest BCUT2D eigenvalue weighted by Crippen LogP contribution is -2.25. The van der Waals surface area contributed by atoms with E-state index in [0.29, 0.717) is 22.6 Å². The maximum absolute atomic E-state index is 15.2. The van der Waals surface area contributed by atoms with Crippen LogP contribution in [0.3, 0.4) is 0 Å². The molecule has 3 aromatic carbocycles. The SMILES string of the molecule is CCCC1CCC(C2CCC(c3ccc(-c4ccc(-c5ccc(O)c(F)c5F)cc4)c(F)c3)CC2)CC1. The highest BCUT2D eigenvalue weighted by atomic mass is 19.2. The van der Waals surface area contributed by atoms with Crippen molar-refractivity contribution in [3.63, 3.8) is 0 Å². The first-order valence-corrected chi connectivity index (χ1v) is 14.0. The van der Waals surface area contributed by atoms with E-state index in [4.69, 9.17) is 0 Å². The number of benzene rings is 3. The van der Waals surface area contributed by atoms with E-state index in [9.17, 15) is 13.9 Å². The van der Waals surface area contributed by atoms with Crippen LogP contribution in [0.2, 0.25) is 0 Å². The first-order valence-electron chi connectivity index (χ1n) is 14.0. The van der Waals surface area contributed by atoms with Crippen LogP contribution in [0.25, 0.3) is 22.3 Å². The summed E-state index contributed by atoms with van der Waals surface area (Å²) in [5.74, 6) is -0.223. The fourth-order valence-corrected chi connectivity index (χ4v) is 6.89. The highest BCUT2D eigenvalue weighted by molar-refractivity contribution is 5.71. The van der Waals surface area contributed by atoms with E-state index in [2.05, 4.69) is 13.0 Å². The molecule has 0 saturated heterocycles. The van der Waals surface area contributed by atoms with Crippen LogP contribution in [0.5, 0.6) is 5.75 Å². The number of hydrogen-bond acceptors (Lipinski definition) is 1. The lowest BCUT2D eigenvalue weighted by atomic mass is 9.68. The lowest BCUT2D eigenvalue weighted by molar-refractivity contribution is 0.156. The molecule has 1 N–H and O–H groups in total. The van der Waals surface area contributed by atoms with Gasteiger partial charge in [-0.1, -0.05) is 69.0 Å². The molecule has 0 heterocycles. The second-order valence-corrected chi connectivity index (χ2v) is 11.3. The highest BCUT2D eigenvalue weighted by Crippen LogP contribution is 2.45. The highest BCUT2D eigenvalue weighted by Gasteiger charge is 2.31. The fraction of sp³-hybridized carbons (Fsp3) is 0.455. The van der Waals surface area contributed by atoms with Gasteiger partial charge in [-0.2, -0.15) is 4.39 Å². The molecule has 2 fully saturated rings. The summed E-state index contributed by atoms with van der Waals surface area (Å²) in [7, 11) is 0. The van der Waals surface area contributed by atoms with E-state index in [1.165, 1.54) is 57.4 Å². The van der Waals surface area contributed by atoms with Gasteiger partial charge in [0.1, 0.15) is 5.82 Å². The Hall–Kier alpha value is -2.75. The Morgan fingerprint density at radius 2 is 1.24 bits per heavy atom. The van der Waals surface area contributed by atoms with Gasteiger partial charge in [-0.25, -0.2) is 8.78 Å². The smallest absolute Gasteiger partial charge is 0.200 e. The second kappa shape index (κ2) is 11.3. The normalized spacial score (nSPS) is 24.2. The first-order chi connectivity index (χ1) is 17.9. The van der Waals surface area contributed by atoms with Gasteiger partial charge < -0.3 is 5.11 Å². The van der Waals surface area contributed by atoms with Crippen LogP contribution in [0.1, 0.15) is 82.6 Å². The largest absolute Gasteiger partial charge is 0.505 e. The van der Waals surface area contributed by atoms with Gasteiger partial charge in [0.15, 0.2) is 11.6 Å². The number of halogens is 3. The zero-order chi connectivity index (χ0) is 25.9. The van der Waals surface area contributed by atoms with E-state index in [1.807, 2.05) is 6.07 Å². The quantitative estimate of drug-likeness (QED) is 0.353. The minimum atomic E-state index is -1.27. The van der Waals surface area contributed by atoms with Crippen molar-refractivity contribution in [1.82, 2.24) is 0 Å². The van der Waals surface area contributed by atoms with Crippen LogP contribution in [-0.2, 0) is 0 Å². The van der Waals surface area contributed by atoms with Crippen molar-refractivity contribution < 1.29 is 18.3 Å². The number of hydrogen-bond donors (Lipinski definition) is 1. The average molecular weight is 507 g/mol. The molecule has 0 radical (unpaired) electrons. The molecule has 37 heavy (non-hydrogen) atoms. The summed E-state index contributed by atoms with van der Waals surface area (Å²) < 4.78 is 43.2. The van der Waals surface area contributed by atoms with Crippen LogP contribution in [0.4, 0.5) is 13.2 Å². The standard InChI is InChI=1S/C33H37F3O/c1-2-3-21-4-6-22(7-5-21)23-8-10-24(11-9-23)27-16-17-28(30(34)20-27)25-12-14-26(15-13-25)29-18-19-31(37)33(36)32(29)35/h12-24,37H,2-11H2,1H3. The Morgan fingerprint density at radius 3 is 1.84 bits per heavy atom. The molecule has 0 bridgehead atoms. The van der Waals surface area contributed by atoms with E-state index in [0.717, 1.165) is 42.2 Å². The molecule has 5 rings (SSSR count). The zero-order valence-electron chi connectivity index (χ0n) is 21.7. The monoisotopic (exact) mass is 506 g/mol. The number of aromatic hydroxyl groups is 1. The molecule has 1 nitrogen and oxygen atoms in total. The predicted molar refractivity (Wildman–Crippen MR) is 144 cm³/mol. The molecule has 0 aromatic heterocycles. The van der Waals surface area contributed by atoms with Crippen molar-refractivity contribution >= 4 is 0 Å². The van der Waals surface area contributed by atoms with Crippen LogP contribution in [-0.4, -0.2) is 5.11 Å². The zero-order valence-corrected chi connectivity index (χ0v) is 21.7. The van der Waals surface area contributed by atoms with Crippen LogP contribution >= 0.6 is 0 Å². The minimum absolute atomic E-state index is 0.0577. The number of phenolic OH excluding ortho intramolecular Hbond substituents is 1. The minimum Gasteiger partial charge on any atom is -0.505 e. The maximum Gasteiger partial charge on any atom is 0.200 e. The summed E-state index contributed by atoms with van der Waals surface area (Å²) in [6, 6.07) is 14.8. The third-order valence-corrected chi connectivity index (χ3v) is 9.06. The Labute approximate surface area is 218 Å². The van der Waals surface area contributed by atoms with E-state index >= 15 is 4.39 Å². The molecule has 3 aromatic rings. The predicted octanol–water partition coefficient (Wildman–Crippen LogP) is 10.0. The summed E-state index contributed by atoms with van der Waals surface area (Å²) >= 11 is 0. The van der Waals surface area contributed by atoms with Crippen molar-refractivity contribution in [1.29, 1.82) is 0 Å². The Balaban J connectivity index is 1.22. The van der Waals surface area contributed by atoms with Crippen molar-refractivity contribution in [2.45, 2.75) is 77.0 Å². The molecule has 196 valence electrons. The summed E-state index contributed by atoms with van der Waals surface area (Å²) in [5.41, 5.74) is 2.81. The van der Waals surface area contributed by atoms with Crippen LogP contribution < -0.4 is 0 Å². The van der Waals surface area contributed by atoms with Gasteiger partial charge in [-0.3, -0.25) is 0 Å². The van der Waals surface area contributed by atoms with Gasteiger partial charge >= 0.3 is 0 Å². The molecule has 2 saturated carbocycles. The lowest BCUT2D eigenvalue weighted by Gasteiger charge is -2.38. The van der Waals surface area contributed by atoms with Gasteiger partial charge in [0.05, 0.1) is 0 Å². The second-order valence-electron chi connectivity index (χ2n) is 11.3. The molecule has 2 aliphatic carbocycles. The molecular formula is C33H37F3O. The maximum atomic E-state index is 15.2. The molecule has 0 amide bonds. The van der Waals surface area contributed by atoms with E-state index in [1.54, 1.807) is 30.3 Å².